The van der Waals surface area contributed by atoms with Crippen LogP contribution in [0.3, 0.4) is 0 Å². The summed E-state index contributed by atoms with van der Waals surface area (Å²) >= 11 is 0. The molecular formula is C39H48N2O6Si. The summed E-state index contributed by atoms with van der Waals surface area (Å²) in [7, 11) is 0.840. The van der Waals surface area contributed by atoms with Crippen molar-refractivity contribution in [3.8, 4) is 11.5 Å². The minimum atomic E-state index is -2.46. The van der Waals surface area contributed by atoms with E-state index in [0.717, 1.165) is 33.7 Å². The van der Waals surface area contributed by atoms with E-state index in [0.29, 0.717) is 12.3 Å². The molecule has 3 aliphatic rings. The van der Waals surface area contributed by atoms with Gasteiger partial charge in [0.05, 0.1) is 52.7 Å². The van der Waals surface area contributed by atoms with E-state index in [1.165, 1.54) is 5.19 Å². The molecule has 1 N–H and O–H groups in total. The Bertz CT molecular complexity index is 1740. The SMILES string of the molecule is COc1ccc([Si](C)(C)[C@@H]2[C@@H](CC(=O)N(CCO)Cc3ccccc3)O[C@]3(C(=O)N4c5c(cc(OC)cc53)C(C)=CC4(C)C)[C@H]2C)cc1. The number of ether oxygens (including phenoxy) is 3. The van der Waals surface area contributed by atoms with Crippen molar-refractivity contribution in [2.75, 3.05) is 32.3 Å². The van der Waals surface area contributed by atoms with Crippen molar-refractivity contribution >= 4 is 36.3 Å². The number of rotatable bonds is 10. The number of aliphatic hydroxyl groups is 1. The Labute approximate surface area is 285 Å². The van der Waals surface area contributed by atoms with Crippen molar-refractivity contribution in [3.05, 3.63) is 89.5 Å². The smallest absolute Gasteiger partial charge is 0.265 e. The van der Waals surface area contributed by atoms with Gasteiger partial charge in [0, 0.05) is 30.1 Å². The van der Waals surface area contributed by atoms with Crippen LogP contribution in [0.25, 0.3) is 5.57 Å². The average Bonchev–Trinajstić information content (AvgIpc) is 3.50. The monoisotopic (exact) mass is 668 g/mol. The molecule has 9 heteroatoms. The Morgan fingerprint density at radius 3 is 2.31 bits per heavy atom. The minimum Gasteiger partial charge on any atom is -0.497 e. The van der Waals surface area contributed by atoms with Crippen LogP contribution in [0.2, 0.25) is 18.6 Å². The first kappa shape index (κ1) is 34.0. The number of nitrogens with zero attached hydrogens (tertiary/aromatic N) is 2. The summed E-state index contributed by atoms with van der Waals surface area (Å²) in [5, 5.41) is 11.2. The second-order valence-corrected chi connectivity index (χ2v) is 19.3. The zero-order valence-electron chi connectivity index (χ0n) is 29.4. The highest BCUT2D eigenvalue weighted by atomic mass is 28.3. The van der Waals surface area contributed by atoms with Crippen LogP contribution in [0.1, 0.15) is 50.8 Å². The molecule has 8 nitrogen and oxygen atoms in total. The standard InChI is InChI=1S/C39H48N2O6Si/c1-25-23-38(3,4)41-35-31(25)20-29(46-6)21-32(35)39(37(41)44)26(2)36(48(7,8)30-16-14-28(45-5)15-17-30)33(47-39)22-34(43)40(18-19-42)24-27-12-10-9-11-13-27/h9-17,20-21,23,26,33,36,42H,18-19,22,24H2,1-8H3/t26-,33+,36-,39+/m0/s1. The summed E-state index contributed by atoms with van der Waals surface area (Å²) < 4.78 is 18.5. The third-order valence-corrected chi connectivity index (χ3v) is 15.3. The molecule has 254 valence electrons. The number of aliphatic hydroxyl groups excluding tert-OH is 1. The van der Waals surface area contributed by atoms with E-state index in [1.807, 2.05) is 59.5 Å². The van der Waals surface area contributed by atoms with Crippen molar-refractivity contribution in [3.63, 3.8) is 0 Å². The molecule has 0 bridgehead atoms. The molecular weight excluding hydrogens is 621 g/mol. The van der Waals surface area contributed by atoms with E-state index in [-0.39, 0.29) is 42.8 Å². The van der Waals surface area contributed by atoms with E-state index in [4.69, 9.17) is 14.2 Å². The molecule has 0 aliphatic carbocycles. The van der Waals surface area contributed by atoms with Gasteiger partial charge in [-0.05, 0) is 61.7 Å². The lowest BCUT2D eigenvalue weighted by molar-refractivity contribution is -0.150. The summed E-state index contributed by atoms with van der Waals surface area (Å²) in [5.74, 6) is 0.985. The van der Waals surface area contributed by atoms with Gasteiger partial charge < -0.3 is 24.2 Å². The number of carbonyl (C=O) groups is 2. The lowest BCUT2D eigenvalue weighted by Crippen LogP contribution is -2.54. The van der Waals surface area contributed by atoms with Crippen LogP contribution in [0, 0.1) is 5.92 Å². The van der Waals surface area contributed by atoms with E-state index < -0.39 is 25.3 Å². The lowest BCUT2D eigenvalue weighted by Gasteiger charge is -2.40. The van der Waals surface area contributed by atoms with Gasteiger partial charge in [0.1, 0.15) is 11.5 Å². The molecule has 3 heterocycles. The number of hydrogen-bond acceptors (Lipinski definition) is 6. The zero-order valence-corrected chi connectivity index (χ0v) is 30.4. The van der Waals surface area contributed by atoms with Gasteiger partial charge in [-0.15, -0.1) is 0 Å². The summed E-state index contributed by atoms with van der Waals surface area (Å²) in [5.41, 5.74) is 2.73. The minimum absolute atomic E-state index is 0.0933. The van der Waals surface area contributed by atoms with Gasteiger partial charge >= 0.3 is 0 Å². The highest BCUT2D eigenvalue weighted by molar-refractivity contribution is 6.91. The van der Waals surface area contributed by atoms with Gasteiger partial charge in [-0.1, -0.05) is 73.7 Å². The van der Waals surface area contributed by atoms with Gasteiger partial charge in [-0.3, -0.25) is 14.5 Å². The van der Waals surface area contributed by atoms with Gasteiger partial charge in [0.25, 0.3) is 5.91 Å². The van der Waals surface area contributed by atoms with Crippen LogP contribution >= 0.6 is 0 Å². The summed E-state index contributed by atoms with van der Waals surface area (Å²) in [6.07, 6.45) is 1.69. The number of benzene rings is 3. The Balaban J connectivity index is 1.48. The Hall–Kier alpha value is -3.92. The fourth-order valence-electron chi connectivity index (χ4n) is 8.69. The van der Waals surface area contributed by atoms with E-state index in [2.05, 4.69) is 59.0 Å². The predicted octanol–water partition coefficient (Wildman–Crippen LogP) is 5.87. The molecule has 3 aromatic rings. The second kappa shape index (κ2) is 12.5. The lowest BCUT2D eigenvalue weighted by atomic mass is 9.81. The first-order valence-electron chi connectivity index (χ1n) is 16.8. The molecule has 3 aromatic carbocycles. The maximum Gasteiger partial charge on any atom is 0.265 e. The molecule has 1 spiro atoms. The number of amides is 2. The number of carbonyl (C=O) groups excluding carboxylic acids is 2. The van der Waals surface area contributed by atoms with E-state index in [9.17, 15) is 9.90 Å². The Morgan fingerprint density at radius 1 is 1.02 bits per heavy atom. The highest BCUT2D eigenvalue weighted by Gasteiger charge is 2.68. The van der Waals surface area contributed by atoms with Gasteiger partial charge in [0.15, 0.2) is 5.60 Å². The normalized spacial score (nSPS) is 24.0. The number of methoxy groups -OCH3 is 2. The predicted molar refractivity (Wildman–Crippen MR) is 191 cm³/mol. The second-order valence-electron chi connectivity index (χ2n) is 14.6. The Morgan fingerprint density at radius 2 is 1.69 bits per heavy atom. The molecule has 0 radical (unpaired) electrons. The van der Waals surface area contributed by atoms with Crippen molar-refractivity contribution in [1.29, 1.82) is 0 Å². The molecule has 6 rings (SSSR count). The first-order chi connectivity index (χ1) is 22.8. The summed E-state index contributed by atoms with van der Waals surface area (Å²) in [4.78, 5) is 33.0. The van der Waals surface area contributed by atoms with Gasteiger partial charge in [-0.2, -0.15) is 0 Å². The third-order valence-electron chi connectivity index (χ3n) is 10.9. The molecule has 3 aliphatic heterocycles. The van der Waals surface area contributed by atoms with E-state index in [1.54, 1.807) is 19.1 Å². The van der Waals surface area contributed by atoms with Crippen LogP contribution < -0.4 is 19.6 Å². The van der Waals surface area contributed by atoms with Crippen molar-refractivity contribution in [2.45, 2.75) is 76.5 Å². The number of anilines is 1. The zero-order chi connectivity index (χ0) is 34.6. The van der Waals surface area contributed by atoms with Crippen LogP contribution in [0.15, 0.2) is 72.8 Å². The molecule has 48 heavy (non-hydrogen) atoms. The van der Waals surface area contributed by atoms with Crippen LogP contribution in [-0.4, -0.2) is 68.9 Å². The largest absolute Gasteiger partial charge is 0.497 e. The maximum absolute atomic E-state index is 15.1. The molecule has 0 aromatic heterocycles. The van der Waals surface area contributed by atoms with Crippen LogP contribution in [0.4, 0.5) is 5.69 Å². The maximum atomic E-state index is 15.1. The van der Waals surface area contributed by atoms with Crippen molar-refractivity contribution in [1.82, 2.24) is 4.90 Å². The molecule has 0 unspecified atom stereocenters. The van der Waals surface area contributed by atoms with Gasteiger partial charge in [-0.25, -0.2) is 0 Å². The molecule has 1 fully saturated rings. The average molecular weight is 669 g/mol. The molecule has 4 atom stereocenters. The third kappa shape index (κ3) is 5.36. The fourth-order valence-corrected chi connectivity index (χ4v) is 12.7. The molecule has 0 saturated carbocycles. The number of fused-ring (bicyclic) bond motifs is 1. The Kier molecular flexibility index (Phi) is 8.85. The topological polar surface area (TPSA) is 88.5 Å². The highest BCUT2D eigenvalue weighted by Crippen LogP contribution is 2.63. The quantitative estimate of drug-likeness (QED) is 0.272. The number of hydrogen-bond donors (Lipinski definition) is 1. The summed E-state index contributed by atoms with van der Waals surface area (Å²) in [6, 6.07) is 22.0. The molecule has 1 saturated heterocycles. The molecule has 2 amide bonds. The first-order valence-corrected chi connectivity index (χ1v) is 19.9. The van der Waals surface area contributed by atoms with E-state index >= 15 is 4.79 Å². The van der Waals surface area contributed by atoms with Crippen molar-refractivity contribution < 1.29 is 28.9 Å². The van der Waals surface area contributed by atoms with Crippen molar-refractivity contribution in [2.24, 2.45) is 5.92 Å². The van der Waals surface area contributed by atoms with Gasteiger partial charge in [0.2, 0.25) is 5.91 Å². The fraction of sp³-hybridized carbons (Fsp3) is 0.436. The summed E-state index contributed by atoms with van der Waals surface area (Å²) in [6.45, 7) is 13.4. The number of allylic oxidation sites excluding steroid dienone is 1. The van der Waals surface area contributed by atoms with Crippen LogP contribution in [0.5, 0.6) is 11.5 Å². The van der Waals surface area contributed by atoms with Crippen LogP contribution in [-0.2, 0) is 26.5 Å².